The number of rotatable bonds is 10. The Morgan fingerprint density at radius 3 is 2.86 bits per heavy atom. The molecule has 1 heterocycles. The molecular weight excluding hydrogens is 368 g/mol. The lowest BCUT2D eigenvalue weighted by atomic mass is 9.95. The maximum Gasteiger partial charge on any atom is 0.217 e. The quantitative estimate of drug-likeness (QED) is 0.355. The van der Waals surface area contributed by atoms with E-state index in [9.17, 15) is 4.79 Å². The molecule has 1 saturated heterocycles. The third-order valence-electron chi connectivity index (χ3n) is 5.06. The zero-order valence-electron chi connectivity index (χ0n) is 18.1. The Hall–Kier alpha value is -2.44. The molecule has 0 bridgehead atoms. The average Bonchev–Trinajstić information content (AvgIpc) is 2.70. The highest BCUT2D eigenvalue weighted by atomic mass is 16.5. The van der Waals surface area contributed by atoms with Crippen LogP contribution in [0.2, 0.25) is 0 Å². The van der Waals surface area contributed by atoms with Crippen molar-refractivity contribution in [3.63, 3.8) is 0 Å². The van der Waals surface area contributed by atoms with Gasteiger partial charge in [-0.25, -0.2) is 0 Å². The molecule has 7 nitrogen and oxygen atoms in total. The van der Waals surface area contributed by atoms with Gasteiger partial charge in [-0.3, -0.25) is 9.79 Å². The molecule has 1 aliphatic rings. The number of ether oxygens (including phenoxy) is 2. The molecule has 0 aromatic heterocycles. The van der Waals surface area contributed by atoms with Crippen LogP contribution in [0, 0.1) is 5.92 Å². The largest absolute Gasteiger partial charge is 0.493 e. The molecule has 0 aliphatic carbocycles. The van der Waals surface area contributed by atoms with E-state index in [1.807, 2.05) is 13.0 Å². The fourth-order valence-electron chi connectivity index (χ4n) is 3.75. The topological polar surface area (TPSA) is 89.2 Å². The van der Waals surface area contributed by atoms with E-state index in [1.54, 1.807) is 7.11 Å². The smallest absolute Gasteiger partial charge is 0.217 e. The van der Waals surface area contributed by atoms with E-state index in [-0.39, 0.29) is 5.91 Å². The Morgan fingerprint density at radius 2 is 2.17 bits per heavy atom. The molecule has 0 saturated carbocycles. The highest BCUT2D eigenvalue weighted by Crippen LogP contribution is 2.28. The maximum atomic E-state index is 11.3. The zero-order valence-corrected chi connectivity index (χ0v) is 18.1. The van der Waals surface area contributed by atoms with Crippen LogP contribution in [0.5, 0.6) is 11.5 Å². The second-order valence-electron chi connectivity index (χ2n) is 7.38. The molecule has 1 amide bonds. The fourth-order valence-corrected chi connectivity index (χ4v) is 3.75. The number of piperidine rings is 1. The van der Waals surface area contributed by atoms with Gasteiger partial charge in [-0.05, 0) is 63.1 Å². The lowest BCUT2D eigenvalue weighted by Crippen LogP contribution is -2.47. The summed E-state index contributed by atoms with van der Waals surface area (Å²) in [5, 5.41) is 3.39. The van der Waals surface area contributed by atoms with Gasteiger partial charge < -0.3 is 25.4 Å². The number of benzene rings is 1. The highest BCUT2D eigenvalue weighted by molar-refractivity contribution is 5.80. The first-order chi connectivity index (χ1) is 14.1. The Balaban J connectivity index is 1.92. The van der Waals surface area contributed by atoms with E-state index in [0.717, 1.165) is 69.3 Å². The number of guanidine groups is 1. The molecule has 2 rings (SSSR count). The van der Waals surface area contributed by atoms with Gasteiger partial charge in [0.2, 0.25) is 5.91 Å². The van der Waals surface area contributed by atoms with Gasteiger partial charge in [0.15, 0.2) is 17.5 Å². The molecule has 7 heteroatoms. The van der Waals surface area contributed by atoms with Crippen LogP contribution in [0.15, 0.2) is 23.2 Å². The van der Waals surface area contributed by atoms with Crippen LogP contribution in [-0.2, 0) is 11.2 Å². The Morgan fingerprint density at radius 1 is 1.34 bits per heavy atom. The molecule has 29 heavy (non-hydrogen) atoms. The van der Waals surface area contributed by atoms with Crippen LogP contribution in [0.25, 0.3) is 0 Å². The van der Waals surface area contributed by atoms with E-state index < -0.39 is 0 Å². The van der Waals surface area contributed by atoms with Crippen molar-refractivity contribution in [2.75, 3.05) is 39.9 Å². The lowest BCUT2D eigenvalue weighted by molar-refractivity contribution is -0.119. The van der Waals surface area contributed by atoms with Gasteiger partial charge >= 0.3 is 0 Å². The Bertz CT molecular complexity index is 678. The summed E-state index contributed by atoms with van der Waals surface area (Å²) in [6.07, 6.45) is 4.45. The van der Waals surface area contributed by atoms with Crippen molar-refractivity contribution < 1.29 is 14.3 Å². The summed E-state index contributed by atoms with van der Waals surface area (Å²) in [5.41, 5.74) is 6.60. The Kier molecular flexibility index (Phi) is 9.60. The molecule has 1 aliphatic heterocycles. The molecule has 0 spiro atoms. The first-order valence-electron chi connectivity index (χ1n) is 10.7. The van der Waals surface area contributed by atoms with Crippen LogP contribution in [-0.4, -0.2) is 56.7 Å². The van der Waals surface area contributed by atoms with Gasteiger partial charge in [0.1, 0.15) is 0 Å². The second kappa shape index (κ2) is 12.2. The fraction of sp³-hybridized carbons (Fsp3) is 0.636. The first kappa shape index (κ1) is 22.8. The molecule has 0 radical (unpaired) electrons. The summed E-state index contributed by atoms with van der Waals surface area (Å²) < 4.78 is 11.0. The summed E-state index contributed by atoms with van der Waals surface area (Å²) in [6, 6.07) is 6.09. The van der Waals surface area contributed by atoms with E-state index in [2.05, 4.69) is 29.3 Å². The average molecular weight is 405 g/mol. The van der Waals surface area contributed by atoms with Crippen LogP contribution in [0.1, 0.15) is 45.1 Å². The van der Waals surface area contributed by atoms with E-state index >= 15 is 0 Å². The van der Waals surface area contributed by atoms with Crippen LogP contribution in [0.4, 0.5) is 0 Å². The number of nitrogens with two attached hydrogens (primary N) is 1. The summed E-state index contributed by atoms with van der Waals surface area (Å²) in [5.74, 6) is 2.59. The predicted molar refractivity (Wildman–Crippen MR) is 117 cm³/mol. The minimum Gasteiger partial charge on any atom is -0.493 e. The number of hydrogen-bond acceptors (Lipinski definition) is 4. The van der Waals surface area contributed by atoms with Gasteiger partial charge in [0.25, 0.3) is 0 Å². The molecule has 1 aromatic rings. The number of nitrogens with one attached hydrogen (secondary N) is 1. The van der Waals surface area contributed by atoms with E-state index in [4.69, 9.17) is 20.2 Å². The van der Waals surface area contributed by atoms with Crippen molar-refractivity contribution in [2.45, 2.75) is 46.0 Å². The number of aliphatic imine (C=N–C) groups is 1. The maximum absolute atomic E-state index is 11.3. The third kappa shape index (κ3) is 7.48. The number of carbonyl (C=O) groups is 1. The molecule has 1 fully saturated rings. The summed E-state index contributed by atoms with van der Waals surface area (Å²) >= 11 is 0. The minimum atomic E-state index is -0.218. The van der Waals surface area contributed by atoms with Gasteiger partial charge in [-0.2, -0.15) is 0 Å². The number of amides is 1. The molecule has 1 unspecified atom stereocenters. The number of likely N-dealkylation sites (tertiary alicyclic amines) is 1. The summed E-state index contributed by atoms with van der Waals surface area (Å²) in [6.45, 7) is 8.04. The number of primary amides is 1. The standard InChI is InChI=1S/C22H36N4O3/c1-4-24-22(26-13-7-9-18(16-26)15-21(23)27)25-12-6-8-17-10-11-19(28-3)20(14-17)29-5-2/h10-11,14,18H,4-9,12-13,15-16H2,1-3H3,(H2,23,27)(H,24,25). The van der Waals surface area contributed by atoms with Crippen molar-refractivity contribution in [3.8, 4) is 11.5 Å². The first-order valence-corrected chi connectivity index (χ1v) is 10.7. The Labute approximate surface area is 174 Å². The van der Waals surface area contributed by atoms with E-state index in [0.29, 0.717) is 18.9 Å². The number of aryl methyl sites for hydroxylation is 1. The SMILES string of the molecule is CCNC(=NCCCc1ccc(OC)c(OCC)c1)N1CCCC(CC(N)=O)C1. The summed E-state index contributed by atoms with van der Waals surface area (Å²) in [7, 11) is 1.66. The van der Waals surface area contributed by atoms with Gasteiger partial charge in [-0.15, -0.1) is 0 Å². The summed E-state index contributed by atoms with van der Waals surface area (Å²) in [4.78, 5) is 18.3. The van der Waals surface area contributed by atoms with Crippen LogP contribution < -0.4 is 20.5 Å². The van der Waals surface area contributed by atoms with Crippen LogP contribution in [0.3, 0.4) is 0 Å². The van der Waals surface area contributed by atoms with Crippen molar-refractivity contribution in [3.05, 3.63) is 23.8 Å². The molecular formula is C22H36N4O3. The normalized spacial score (nSPS) is 17.1. The number of nitrogens with zero attached hydrogens (tertiary/aromatic N) is 2. The van der Waals surface area contributed by atoms with Gasteiger partial charge in [-0.1, -0.05) is 6.07 Å². The second-order valence-corrected chi connectivity index (χ2v) is 7.38. The zero-order chi connectivity index (χ0) is 21.1. The number of hydrogen-bond donors (Lipinski definition) is 2. The van der Waals surface area contributed by atoms with Gasteiger partial charge in [0.05, 0.1) is 13.7 Å². The third-order valence-corrected chi connectivity index (χ3v) is 5.06. The number of carbonyl (C=O) groups excluding carboxylic acids is 1. The molecule has 162 valence electrons. The lowest BCUT2D eigenvalue weighted by Gasteiger charge is -2.34. The number of methoxy groups -OCH3 is 1. The highest BCUT2D eigenvalue weighted by Gasteiger charge is 2.23. The monoisotopic (exact) mass is 404 g/mol. The minimum absolute atomic E-state index is 0.218. The molecule has 1 atom stereocenters. The van der Waals surface area contributed by atoms with Crippen molar-refractivity contribution in [2.24, 2.45) is 16.6 Å². The van der Waals surface area contributed by atoms with Crippen molar-refractivity contribution >= 4 is 11.9 Å². The molecule has 1 aromatic carbocycles. The van der Waals surface area contributed by atoms with Crippen LogP contribution >= 0.6 is 0 Å². The van der Waals surface area contributed by atoms with Gasteiger partial charge in [0, 0.05) is 32.6 Å². The molecule has 3 N–H and O–H groups in total. The predicted octanol–water partition coefficient (Wildman–Crippen LogP) is 2.58. The van der Waals surface area contributed by atoms with E-state index in [1.165, 1.54) is 5.56 Å². The van der Waals surface area contributed by atoms with Crippen molar-refractivity contribution in [1.82, 2.24) is 10.2 Å². The van der Waals surface area contributed by atoms with Crippen molar-refractivity contribution in [1.29, 1.82) is 0 Å².